The van der Waals surface area contributed by atoms with E-state index in [-0.39, 0.29) is 5.54 Å². The van der Waals surface area contributed by atoms with Gasteiger partial charge < -0.3 is 15.4 Å². The number of nitrogens with one attached hydrogen (secondary N) is 2. The van der Waals surface area contributed by atoms with Crippen LogP contribution in [0.15, 0.2) is 12.4 Å². The third-order valence-corrected chi connectivity index (χ3v) is 2.54. The van der Waals surface area contributed by atoms with E-state index in [1.54, 1.807) is 12.4 Å². The molecule has 1 unspecified atom stereocenters. The summed E-state index contributed by atoms with van der Waals surface area (Å²) in [5.41, 5.74) is -0.0129. The van der Waals surface area contributed by atoms with Crippen molar-refractivity contribution in [3.8, 4) is 0 Å². The Hall–Kier alpha value is -1.36. The lowest BCUT2D eigenvalue weighted by Gasteiger charge is -2.24. The second-order valence-corrected chi connectivity index (χ2v) is 4.03. The maximum absolute atomic E-state index is 5.36. The summed E-state index contributed by atoms with van der Waals surface area (Å²) < 4.78 is 5.36. The molecule has 5 nitrogen and oxygen atoms in total. The molecule has 0 spiro atoms. The molecule has 2 heterocycles. The van der Waals surface area contributed by atoms with Gasteiger partial charge in [-0.15, -0.1) is 0 Å². The molecule has 15 heavy (non-hydrogen) atoms. The molecule has 0 amide bonds. The fourth-order valence-electron chi connectivity index (χ4n) is 1.62. The largest absolute Gasteiger partial charge is 0.379 e. The van der Waals surface area contributed by atoms with E-state index in [1.165, 1.54) is 0 Å². The molecule has 1 aliphatic heterocycles. The van der Waals surface area contributed by atoms with E-state index in [0.29, 0.717) is 0 Å². The first kappa shape index (κ1) is 10.2. The number of hydrogen-bond acceptors (Lipinski definition) is 5. The van der Waals surface area contributed by atoms with Crippen LogP contribution in [0.4, 0.5) is 11.6 Å². The molecule has 2 rings (SSSR count). The molecule has 1 aliphatic rings. The average Bonchev–Trinajstić information content (AvgIpc) is 2.65. The quantitative estimate of drug-likeness (QED) is 0.779. The van der Waals surface area contributed by atoms with E-state index in [0.717, 1.165) is 31.3 Å². The van der Waals surface area contributed by atoms with Crippen LogP contribution in [-0.2, 0) is 4.74 Å². The van der Waals surface area contributed by atoms with Gasteiger partial charge in [-0.3, -0.25) is 4.98 Å². The van der Waals surface area contributed by atoms with Crippen LogP contribution >= 0.6 is 0 Å². The van der Waals surface area contributed by atoms with Gasteiger partial charge in [-0.05, 0) is 13.3 Å². The van der Waals surface area contributed by atoms with Crippen molar-refractivity contribution in [2.45, 2.75) is 18.9 Å². The van der Waals surface area contributed by atoms with Gasteiger partial charge in [0.05, 0.1) is 24.5 Å². The highest BCUT2D eigenvalue weighted by Crippen LogP contribution is 2.22. The monoisotopic (exact) mass is 208 g/mol. The molecule has 0 saturated carbocycles. The van der Waals surface area contributed by atoms with Crippen LogP contribution in [0.2, 0.25) is 0 Å². The Balaban J connectivity index is 2.09. The molecular weight excluding hydrogens is 192 g/mol. The molecular formula is C10H16N4O. The molecule has 2 N–H and O–H groups in total. The minimum absolute atomic E-state index is 0.0129. The molecule has 1 saturated heterocycles. The van der Waals surface area contributed by atoms with Crippen LogP contribution in [0, 0.1) is 0 Å². The van der Waals surface area contributed by atoms with Gasteiger partial charge in [0.2, 0.25) is 0 Å². The maximum atomic E-state index is 5.36. The molecule has 5 heteroatoms. The summed E-state index contributed by atoms with van der Waals surface area (Å²) in [5.74, 6) is 1.55. The summed E-state index contributed by atoms with van der Waals surface area (Å²) >= 11 is 0. The van der Waals surface area contributed by atoms with Gasteiger partial charge in [0.15, 0.2) is 0 Å². The molecule has 0 aromatic carbocycles. The second-order valence-electron chi connectivity index (χ2n) is 4.03. The fraction of sp³-hybridized carbons (Fsp3) is 0.600. The third kappa shape index (κ3) is 2.36. The SMILES string of the molecule is CNc1cncc(NC2(C)CCOC2)n1. The molecule has 1 fully saturated rings. The topological polar surface area (TPSA) is 59.1 Å². The summed E-state index contributed by atoms with van der Waals surface area (Å²) in [4.78, 5) is 8.46. The van der Waals surface area contributed by atoms with Crippen molar-refractivity contribution >= 4 is 11.6 Å². The minimum atomic E-state index is -0.0129. The third-order valence-electron chi connectivity index (χ3n) is 2.54. The lowest BCUT2D eigenvalue weighted by Crippen LogP contribution is -2.35. The van der Waals surface area contributed by atoms with E-state index in [4.69, 9.17) is 4.74 Å². The lowest BCUT2D eigenvalue weighted by molar-refractivity contribution is 0.185. The summed E-state index contributed by atoms with van der Waals surface area (Å²) in [6.07, 6.45) is 4.42. The van der Waals surface area contributed by atoms with E-state index < -0.39 is 0 Å². The number of nitrogens with zero attached hydrogens (tertiary/aromatic N) is 2. The molecule has 0 aliphatic carbocycles. The Labute approximate surface area is 89.3 Å². The van der Waals surface area contributed by atoms with Gasteiger partial charge >= 0.3 is 0 Å². The second kappa shape index (κ2) is 4.02. The predicted molar refractivity (Wildman–Crippen MR) is 59.0 cm³/mol. The van der Waals surface area contributed by atoms with Gasteiger partial charge in [0.25, 0.3) is 0 Å². The molecule has 1 aromatic rings. The summed E-state index contributed by atoms with van der Waals surface area (Å²) in [6, 6.07) is 0. The Morgan fingerprint density at radius 1 is 1.40 bits per heavy atom. The molecule has 1 aromatic heterocycles. The normalized spacial score (nSPS) is 25.2. The smallest absolute Gasteiger partial charge is 0.147 e. The minimum Gasteiger partial charge on any atom is -0.379 e. The number of aromatic nitrogens is 2. The van der Waals surface area contributed by atoms with E-state index in [1.807, 2.05) is 7.05 Å². The van der Waals surface area contributed by atoms with Gasteiger partial charge in [-0.25, -0.2) is 4.98 Å². The number of anilines is 2. The lowest BCUT2D eigenvalue weighted by atomic mass is 10.0. The maximum Gasteiger partial charge on any atom is 0.147 e. The van der Waals surface area contributed by atoms with E-state index in [9.17, 15) is 0 Å². The molecule has 0 bridgehead atoms. The van der Waals surface area contributed by atoms with Crippen LogP contribution in [-0.4, -0.2) is 35.8 Å². The predicted octanol–water partition coefficient (Wildman–Crippen LogP) is 1.11. The van der Waals surface area contributed by atoms with Gasteiger partial charge in [0.1, 0.15) is 11.6 Å². The van der Waals surface area contributed by atoms with Crippen molar-refractivity contribution in [1.82, 2.24) is 9.97 Å². The first-order valence-electron chi connectivity index (χ1n) is 5.08. The highest BCUT2D eigenvalue weighted by molar-refractivity contribution is 5.43. The van der Waals surface area contributed by atoms with Crippen molar-refractivity contribution < 1.29 is 4.74 Å². The Morgan fingerprint density at radius 3 is 2.87 bits per heavy atom. The average molecular weight is 208 g/mol. The van der Waals surface area contributed by atoms with Crippen LogP contribution < -0.4 is 10.6 Å². The number of ether oxygens (including phenoxy) is 1. The summed E-state index contributed by atoms with van der Waals surface area (Å²) in [7, 11) is 1.83. The van der Waals surface area contributed by atoms with Crippen molar-refractivity contribution in [2.75, 3.05) is 30.9 Å². The highest BCUT2D eigenvalue weighted by Gasteiger charge is 2.29. The highest BCUT2D eigenvalue weighted by atomic mass is 16.5. The first-order valence-corrected chi connectivity index (χ1v) is 5.08. The zero-order chi connectivity index (χ0) is 10.7. The van der Waals surface area contributed by atoms with E-state index in [2.05, 4.69) is 27.5 Å². The van der Waals surface area contributed by atoms with Crippen LogP contribution in [0.25, 0.3) is 0 Å². The Kier molecular flexibility index (Phi) is 2.73. The Morgan fingerprint density at radius 2 is 2.20 bits per heavy atom. The van der Waals surface area contributed by atoms with Crippen LogP contribution in [0.3, 0.4) is 0 Å². The molecule has 1 atom stereocenters. The first-order chi connectivity index (χ1) is 7.22. The zero-order valence-corrected chi connectivity index (χ0v) is 9.08. The van der Waals surface area contributed by atoms with Gasteiger partial charge in [-0.2, -0.15) is 0 Å². The number of rotatable bonds is 3. The van der Waals surface area contributed by atoms with Crippen molar-refractivity contribution in [1.29, 1.82) is 0 Å². The standard InChI is InChI=1S/C10H16N4O/c1-10(3-4-15-7-10)14-9-6-12-5-8(11-2)13-9/h5-6H,3-4,7H2,1-2H3,(H2,11,13,14). The van der Waals surface area contributed by atoms with Crippen molar-refractivity contribution in [3.63, 3.8) is 0 Å². The number of hydrogen-bond donors (Lipinski definition) is 2. The molecule has 0 radical (unpaired) electrons. The van der Waals surface area contributed by atoms with Crippen molar-refractivity contribution in [2.24, 2.45) is 0 Å². The Bertz CT molecular complexity index is 336. The van der Waals surface area contributed by atoms with Crippen LogP contribution in [0.5, 0.6) is 0 Å². The zero-order valence-electron chi connectivity index (χ0n) is 9.08. The fourth-order valence-corrected chi connectivity index (χ4v) is 1.62. The van der Waals surface area contributed by atoms with E-state index >= 15 is 0 Å². The summed E-state index contributed by atoms with van der Waals surface area (Å²) in [5, 5.41) is 6.31. The van der Waals surface area contributed by atoms with Crippen LogP contribution in [0.1, 0.15) is 13.3 Å². The van der Waals surface area contributed by atoms with Gasteiger partial charge in [-0.1, -0.05) is 0 Å². The van der Waals surface area contributed by atoms with Gasteiger partial charge in [0, 0.05) is 13.7 Å². The molecule has 82 valence electrons. The van der Waals surface area contributed by atoms with Crippen molar-refractivity contribution in [3.05, 3.63) is 12.4 Å². The summed E-state index contributed by atoms with van der Waals surface area (Å²) in [6.45, 7) is 3.66.